The lowest BCUT2D eigenvalue weighted by atomic mass is 10.0. The van der Waals surface area contributed by atoms with E-state index in [9.17, 15) is 34.8 Å². The Hall–Kier alpha value is -1.78. The Kier molecular flexibility index (Phi) is 4.35. The first-order valence-electron chi connectivity index (χ1n) is 5.50. The van der Waals surface area contributed by atoms with Crippen LogP contribution in [0.5, 0.6) is 0 Å². The quantitative estimate of drug-likeness (QED) is 0.496. The highest BCUT2D eigenvalue weighted by molar-refractivity contribution is 7.89. The fraction of sp³-hybridized carbons (Fsp3) is 0. The maximum Gasteiger partial charge on any atom is 0.239 e. The zero-order valence-electron chi connectivity index (χ0n) is 10.6. The average molecular weight is 376 g/mol. The Morgan fingerprint density at radius 3 is 1.70 bits per heavy atom. The molecule has 3 nitrogen and oxygen atoms in total. The first-order valence-corrected chi connectivity index (χ1v) is 7.43. The molecule has 2 aromatic rings. The fourth-order valence-corrected chi connectivity index (χ4v) is 2.87. The van der Waals surface area contributed by atoms with Gasteiger partial charge in [0.25, 0.3) is 0 Å². The van der Waals surface area contributed by atoms with Gasteiger partial charge in [-0.15, -0.1) is 0 Å². The van der Waals surface area contributed by atoms with Gasteiger partial charge in [0, 0.05) is 5.56 Å². The van der Waals surface area contributed by atoms with Crippen LogP contribution in [-0.4, -0.2) is 8.42 Å². The summed E-state index contributed by atoms with van der Waals surface area (Å²) in [5.74, 6) is -13.2. The molecule has 0 fully saturated rings. The van der Waals surface area contributed by atoms with Crippen LogP contribution in [0.25, 0.3) is 11.1 Å². The minimum atomic E-state index is -4.54. The highest BCUT2D eigenvalue weighted by Gasteiger charge is 2.29. The van der Waals surface area contributed by atoms with E-state index in [0.717, 1.165) is 0 Å². The van der Waals surface area contributed by atoms with E-state index >= 15 is 0 Å². The summed E-state index contributed by atoms with van der Waals surface area (Å²) in [5.41, 5.74) is -2.84. The summed E-state index contributed by atoms with van der Waals surface area (Å²) < 4.78 is 103. The van der Waals surface area contributed by atoms with E-state index in [1.165, 1.54) is 0 Å². The Bertz CT molecular complexity index is 903. The number of hydrogen-bond donors (Lipinski definition) is 1. The molecule has 0 radical (unpaired) electrons. The monoisotopic (exact) mass is 375 g/mol. The molecule has 0 aliphatic rings. The molecule has 0 aliphatic heterocycles. The predicted octanol–water partition coefficient (Wildman–Crippen LogP) is 3.49. The summed E-state index contributed by atoms with van der Waals surface area (Å²) in [6, 6.07) is 0.611. The third kappa shape index (κ3) is 2.89. The van der Waals surface area contributed by atoms with Gasteiger partial charge in [-0.2, -0.15) is 0 Å². The maximum absolute atomic E-state index is 13.8. The summed E-state index contributed by atoms with van der Waals surface area (Å²) in [7, 11) is -4.54. The molecule has 0 unspecified atom stereocenters. The molecule has 0 heterocycles. The average Bonchev–Trinajstić information content (AvgIpc) is 2.44. The normalized spacial score (nSPS) is 11.8. The van der Waals surface area contributed by atoms with Crippen molar-refractivity contribution in [3.05, 3.63) is 52.1 Å². The van der Waals surface area contributed by atoms with Crippen molar-refractivity contribution in [2.75, 3.05) is 0 Å². The van der Waals surface area contributed by atoms with Crippen LogP contribution in [0.2, 0.25) is 5.02 Å². The molecule has 0 atom stereocenters. The minimum Gasteiger partial charge on any atom is -0.225 e. The van der Waals surface area contributed by atoms with Gasteiger partial charge in [0.1, 0.15) is 10.7 Å². The van der Waals surface area contributed by atoms with E-state index < -0.39 is 66.0 Å². The summed E-state index contributed by atoms with van der Waals surface area (Å²) in [6.45, 7) is 0. The van der Waals surface area contributed by atoms with E-state index in [4.69, 9.17) is 16.7 Å². The molecule has 0 spiro atoms. The number of hydrogen-bond acceptors (Lipinski definition) is 2. The van der Waals surface area contributed by atoms with Crippen LogP contribution in [0, 0.1) is 34.9 Å². The molecule has 2 aromatic carbocycles. The molecular weight excluding hydrogens is 372 g/mol. The number of benzene rings is 2. The van der Waals surface area contributed by atoms with Crippen LogP contribution in [0.1, 0.15) is 0 Å². The Balaban J connectivity index is 2.94. The smallest absolute Gasteiger partial charge is 0.225 e. The summed E-state index contributed by atoms with van der Waals surface area (Å²) >= 11 is 5.45. The van der Waals surface area contributed by atoms with Crippen molar-refractivity contribution in [1.29, 1.82) is 0 Å². The lowest BCUT2D eigenvalue weighted by molar-refractivity contribution is 0.381. The molecule has 23 heavy (non-hydrogen) atoms. The van der Waals surface area contributed by atoms with Gasteiger partial charge in [-0.1, -0.05) is 11.6 Å². The summed E-state index contributed by atoms with van der Waals surface area (Å²) in [6.07, 6.45) is 0. The number of primary sulfonamides is 1. The number of nitrogens with two attached hydrogens (primary N) is 1. The highest BCUT2D eigenvalue weighted by atomic mass is 35.5. The molecule has 124 valence electrons. The van der Waals surface area contributed by atoms with Gasteiger partial charge in [-0.25, -0.2) is 39.9 Å². The van der Waals surface area contributed by atoms with Crippen molar-refractivity contribution < 1.29 is 34.8 Å². The summed E-state index contributed by atoms with van der Waals surface area (Å²) in [5, 5.41) is 4.06. The number of halogens is 7. The first kappa shape index (κ1) is 17.6. The molecule has 11 heteroatoms. The van der Waals surface area contributed by atoms with Gasteiger partial charge < -0.3 is 0 Å². The van der Waals surface area contributed by atoms with Gasteiger partial charge >= 0.3 is 0 Å². The van der Waals surface area contributed by atoms with Crippen LogP contribution in [0.4, 0.5) is 26.3 Å². The van der Waals surface area contributed by atoms with Crippen molar-refractivity contribution in [2.24, 2.45) is 5.14 Å². The number of rotatable bonds is 2. The number of sulfonamides is 1. The van der Waals surface area contributed by atoms with Crippen molar-refractivity contribution >= 4 is 21.6 Å². The third-order valence-corrected chi connectivity index (χ3v) is 4.18. The predicted molar refractivity (Wildman–Crippen MR) is 68.0 cm³/mol. The maximum atomic E-state index is 13.8. The molecular formula is C12H4ClF6NO2S. The molecule has 0 saturated carbocycles. The van der Waals surface area contributed by atoms with E-state index in [0.29, 0.717) is 6.07 Å². The molecule has 0 amide bonds. The Labute approximate surface area is 130 Å². The fourth-order valence-electron chi connectivity index (χ4n) is 1.78. The first-order chi connectivity index (χ1) is 10.5. The van der Waals surface area contributed by atoms with E-state index in [1.807, 2.05) is 0 Å². The van der Waals surface area contributed by atoms with Crippen molar-refractivity contribution in [3.8, 4) is 11.1 Å². The van der Waals surface area contributed by atoms with Gasteiger partial charge in [0.2, 0.25) is 15.8 Å². The topological polar surface area (TPSA) is 60.2 Å². The van der Waals surface area contributed by atoms with Crippen LogP contribution >= 0.6 is 11.6 Å². The van der Waals surface area contributed by atoms with Gasteiger partial charge in [0.15, 0.2) is 23.3 Å². The lowest BCUT2D eigenvalue weighted by Crippen LogP contribution is -2.13. The van der Waals surface area contributed by atoms with Crippen molar-refractivity contribution in [1.82, 2.24) is 0 Å². The molecule has 0 saturated heterocycles. The Morgan fingerprint density at radius 1 is 0.826 bits per heavy atom. The van der Waals surface area contributed by atoms with Crippen LogP contribution in [0.3, 0.4) is 0 Å². The standard InChI is InChI=1S/C12H4ClF6NO2S/c13-4-2-5(14)3(1-6(4)23(20,21)22)7-8(15)10(17)12(19)11(18)9(7)16/h1-2H,(H2,20,21,22). The molecule has 0 bridgehead atoms. The second-order valence-corrected chi connectivity index (χ2v) is 6.19. The van der Waals surface area contributed by atoms with Gasteiger partial charge in [0.05, 0.1) is 10.6 Å². The second-order valence-electron chi connectivity index (χ2n) is 4.25. The Morgan fingerprint density at radius 2 is 1.26 bits per heavy atom. The molecule has 0 aromatic heterocycles. The third-order valence-electron chi connectivity index (χ3n) is 2.81. The van der Waals surface area contributed by atoms with Gasteiger partial charge in [-0.3, -0.25) is 0 Å². The minimum absolute atomic E-state index is 0.283. The molecule has 0 aliphatic carbocycles. The van der Waals surface area contributed by atoms with Gasteiger partial charge in [-0.05, 0) is 12.1 Å². The summed E-state index contributed by atoms with van der Waals surface area (Å²) in [4.78, 5) is -0.945. The van der Waals surface area contributed by atoms with Crippen molar-refractivity contribution in [2.45, 2.75) is 4.90 Å². The zero-order chi connectivity index (χ0) is 17.7. The van der Waals surface area contributed by atoms with E-state index in [2.05, 4.69) is 0 Å². The van der Waals surface area contributed by atoms with Crippen molar-refractivity contribution in [3.63, 3.8) is 0 Å². The van der Waals surface area contributed by atoms with Crippen LogP contribution in [-0.2, 0) is 10.0 Å². The lowest BCUT2D eigenvalue weighted by Gasteiger charge is -2.11. The van der Waals surface area contributed by atoms with E-state index in [1.54, 1.807) is 0 Å². The van der Waals surface area contributed by atoms with Crippen LogP contribution in [0.15, 0.2) is 17.0 Å². The van der Waals surface area contributed by atoms with Crippen LogP contribution < -0.4 is 5.14 Å². The zero-order valence-corrected chi connectivity index (χ0v) is 12.2. The van der Waals surface area contributed by atoms with E-state index in [-0.39, 0.29) is 6.07 Å². The largest absolute Gasteiger partial charge is 0.239 e. The SMILES string of the molecule is NS(=O)(=O)c1cc(-c2c(F)c(F)c(F)c(F)c2F)c(F)cc1Cl. The molecule has 2 N–H and O–H groups in total. The highest BCUT2D eigenvalue weighted by Crippen LogP contribution is 2.36. The second kappa shape index (κ2) is 5.69. The molecule has 2 rings (SSSR count).